The molecule has 0 spiro atoms. The van der Waals surface area contributed by atoms with Crippen LogP contribution in [0.2, 0.25) is 0 Å². The number of hydrogen-bond donors (Lipinski definition) is 2. The largest absolute Gasteiger partial charge is 0.490 e. The first-order chi connectivity index (χ1) is 17.4. The van der Waals surface area contributed by atoms with Gasteiger partial charge in [0.25, 0.3) is 15.9 Å². The molecular weight excluding hydrogens is 494 g/mol. The van der Waals surface area contributed by atoms with Crippen molar-refractivity contribution in [3.05, 3.63) is 48.3 Å². The van der Waals surface area contributed by atoms with Crippen molar-refractivity contribution < 1.29 is 17.9 Å². The van der Waals surface area contributed by atoms with Gasteiger partial charge in [-0.2, -0.15) is 13.5 Å². The first-order valence-electron chi connectivity index (χ1n) is 12.1. The fourth-order valence-electron chi connectivity index (χ4n) is 4.49. The molecule has 12 heteroatoms. The first-order valence-corrected chi connectivity index (χ1v) is 13.6. The average Bonchev–Trinajstić information content (AvgIpc) is 3.40. The maximum Gasteiger partial charge on any atom is 0.281 e. The van der Waals surface area contributed by atoms with E-state index in [1.807, 2.05) is 4.90 Å². The summed E-state index contributed by atoms with van der Waals surface area (Å²) in [6.45, 7) is 11.6. The van der Waals surface area contributed by atoms with Gasteiger partial charge in [-0.15, -0.1) is 0 Å². The Balaban J connectivity index is 1.71. The lowest BCUT2D eigenvalue weighted by molar-refractivity contribution is 0.0981. The Bertz CT molecular complexity index is 1400. The molecule has 0 saturated carbocycles. The van der Waals surface area contributed by atoms with Crippen LogP contribution >= 0.6 is 0 Å². The molecule has 1 saturated heterocycles. The van der Waals surface area contributed by atoms with Gasteiger partial charge in [0.1, 0.15) is 11.6 Å². The molecule has 37 heavy (non-hydrogen) atoms. The van der Waals surface area contributed by atoms with Crippen molar-refractivity contribution in [3.8, 4) is 11.6 Å². The van der Waals surface area contributed by atoms with E-state index in [1.54, 1.807) is 29.2 Å². The number of nitrogens with one attached hydrogen (secondary N) is 1. The molecule has 0 aromatic carbocycles. The third-order valence-electron chi connectivity index (χ3n) is 6.06. The molecule has 1 fully saturated rings. The van der Waals surface area contributed by atoms with Crippen LogP contribution in [-0.4, -0.2) is 52.8 Å². The summed E-state index contributed by atoms with van der Waals surface area (Å²) < 4.78 is 35.2. The van der Waals surface area contributed by atoms with Gasteiger partial charge in [-0.3, -0.25) is 4.79 Å². The van der Waals surface area contributed by atoms with Gasteiger partial charge in [-0.1, -0.05) is 26.8 Å². The molecule has 1 amide bonds. The van der Waals surface area contributed by atoms with Crippen molar-refractivity contribution >= 4 is 27.6 Å². The number of rotatable bonds is 8. The standard InChI is InChI=1S/C25H33N7O4S/c1-16(2)15-36-18-12-27-32(14-18)21-10-9-19(23(29-21)31-13-17(3)11-25(31,4)5)24(33)30-37(34,35)22-8-6-7-20(26)28-22/h6-10,12,14,16-17H,11,13,15H2,1-5H3,(H2,26,28)(H,30,33)/t17-/m0/s1. The molecule has 0 aliphatic carbocycles. The fourth-order valence-corrected chi connectivity index (χ4v) is 5.43. The predicted octanol–water partition coefficient (Wildman–Crippen LogP) is 3.02. The summed E-state index contributed by atoms with van der Waals surface area (Å²) in [5.41, 5.74) is 5.46. The van der Waals surface area contributed by atoms with Crippen molar-refractivity contribution in [1.29, 1.82) is 0 Å². The van der Waals surface area contributed by atoms with Crippen molar-refractivity contribution in [3.63, 3.8) is 0 Å². The number of anilines is 2. The Morgan fingerprint density at radius 2 is 2.00 bits per heavy atom. The highest BCUT2D eigenvalue weighted by Crippen LogP contribution is 2.37. The highest BCUT2D eigenvalue weighted by atomic mass is 32.2. The van der Waals surface area contributed by atoms with Crippen LogP contribution in [0.4, 0.5) is 11.6 Å². The van der Waals surface area contributed by atoms with E-state index in [1.165, 1.54) is 18.2 Å². The van der Waals surface area contributed by atoms with Crippen molar-refractivity contribution in [1.82, 2.24) is 24.5 Å². The van der Waals surface area contributed by atoms with Crippen LogP contribution in [-0.2, 0) is 10.0 Å². The van der Waals surface area contributed by atoms with E-state index in [4.69, 9.17) is 15.5 Å². The smallest absolute Gasteiger partial charge is 0.281 e. The van der Waals surface area contributed by atoms with Gasteiger partial charge in [0.15, 0.2) is 16.6 Å². The molecule has 11 nitrogen and oxygen atoms in total. The van der Waals surface area contributed by atoms with Crippen molar-refractivity contribution in [2.24, 2.45) is 11.8 Å². The van der Waals surface area contributed by atoms with Gasteiger partial charge in [-0.25, -0.2) is 19.4 Å². The molecule has 1 aliphatic rings. The molecule has 4 rings (SSSR count). The lowest BCUT2D eigenvalue weighted by Crippen LogP contribution is -2.41. The number of amides is 1. The molecule has 0 bridgehead atoms. The van der Waals surface area contributed by atoms with Crippen LogP contribution < -0.4 is 20.1 Å². The zero-order chi connectivity index (χ0) is 27.0. The van der Waals surface area contributed by atoms with E-state index in [9.17, 15) is 13.2 Å². The lowest BCUT2D eigenvalue weighted by Gasteiger charge is -2.34. The Kier molecular flexibility index (Phi) is 7.13. The third kappa shape index (κ3) is 5.85. The molecule has 3 aromatic heterocycles. The summed E-state index contributed by atoms with van der Waals surface area (Å²) in [6, 6.07) is 7.38. The summed E-state index contributed by atoms with van der Waals surface area (Å²) in [7, 11) is -4.25. The van der Waals surface area contributed by atoms with Gasteiger partial charge in [0.2, 0.25) is 0 Å². The third-order valence-corrected chi connectivity index (χ3v) is 7.29. The van der Waals surface area contributed by atoms with E-state index < -0.39 is 15.9 Å². The molecule has 4 heterocycles. The molecule has 0 unspecified atom stereocenters. The minimum absolute atomic E-state index is 0.0332. The Morgan fingerprint density at radius 3 is 2.65 bits per heavy atom. The Hall–Kier alpha value is -3.67. The van der Waals surface area contributed by atoms with Crippen molar-refractivity contribution in [2.45, 2.75) is 51.6 Å². The van der Waals surface area contributed by atoms with E-state index >= 15 is 0 Å². The second-order valence-corrected chi connectivity index (χ2v) is 12.1. The highest BCUT2D eigenvalue weighted by Gasteiger charge is 2.39. The van der Waals surface area contributed by atoms with E-state index in [-0.39, 0.29) is 21.9 Å². The number of carbonyl (C=O) groups is 1. The minimum Gasteiger partial charge on any atom is -0.490 e. The minimum atomic E-state index is -4.25. The fraction of sp³-hybridized carbons (Fsp3) is 0.440. The summed E-state index contributed by atoms with van der Waals surface area (Å²) in [4.78, 5) is 24.0. The Labute approximate surface area is 217 Å². The zero-order valence-electron chi connectivity index (χ0n) is 21.7. The summed E-state index contributed by atoms with van der Waals surface area (Å²) in [5.74, 6) is 1.40. The van der Waals surface area contributed by atoms with Gasteiger partial charge in [0, 0.05) is 12.1 Å². The molecular formula is C25H33N7O4S. The normalized spacial score (nSPS) is 17.2. The van der Waals surface area contributed by atoms with Crippen LogP contribution in [0.3, 0.4) is 0 Å². The molecule has 1 aliphatic heterocycles. The van der Waals surface area contributed by atoms with E-state index in [0.717, 1.165) is 6.42 Å². The number of sulfonamides is 1. The van der Waals surface area contributed by atoms with Crippen LogP contribution in [0.25, 0.3) is 5.82 Å². The summed E-state index contributed by atoms with van der Waals surface area (Å²) >= 11 is 0. The number of ether oxygens (including phenoxy) is 1. The molecule has 1 atom stereocenters. The topological polar surface area (TPSA) is 145 Å². The maximum atomic E-state index is 13.3. The van der Waals surface area contributed by atoms with Gasteiger partial charge < -0.3 is 15.4 Å². The van der Waals surface area contributed by atoms with Gasteiger partial charge in [0.05, 0.1) is 24.6 Å². The molecule has 198 valence electrons. The second kappa shape index (κ2) is 10.0. The van der Waals surface area contributed by atoms with Crippen LogP contribution in [0.15, 0.2) is 47.8 Å². The monoisotopic (exact) mass is 527 g/mol. The number of pyridine rings is 2. The highest BCUT2D eigenvalue weighted by molar-refractivity contribution is 7.90. The quantitative estimate of drug-likeness (QED) is 0.451. The number of nitrogens with two attached hydrogens (primary N) is 1. The predicted molar refractivity (Wildman–Crippen MR) is 140 cm³/mol. The Morgan fingerprint density at radius 1 is 1.24 bits per heavy atom. The number of nitrogen functional groups attached to an aromatic ring is 1. The lowest BCUT2D eigenvalue weighted by atomic mass is 9.97. The van der Waals surface area contributed by atoms with Crippen molar-refractivity contribution in [2.75, 3.05) is 23.8 Å². The SMILES string of the molecule is CC(C)COc1cnn(-c2ccc(C(=O)NS(=O)(=O)c3cccc(N)n3)c(N3C[C@@H](C)CC3(C)C)n2)c1. The zero-order valence-corrected chi connectivity index (χ0v) is 22.5. The van der Waals surface area contributed by atoms with Crippen LogP contribution in [0.1, 0.15) is 51.4 Å². The number of hydrogen-bond acceptors (Lipinski definition) is 9. The summed E-state index contributed by atoms with van der Waals surface area (Å²) in [6.07, 6.45) is 4.22. The van der Waals surface area contributed by atoms with Crippen LogP contribution in [0.5, 0.6) is 5.75 Å². The summed E-state index contributed by atoms with van der Waals surface area (Å²) in [5, 5.41) is 4.02. The van der Waals surface area contributed by atoms with E-state index in [2.05, 4.69) is 49.4 Å². The maximum absolute atomic E-state index is 13.3. The first kappa shape index (κ1) is 26.4. The molecule has 3 aromatic rings. The van der Waals surface area contributed by atoms with E-state index in [0.29, 0.717) is 42.4 Å². The molecule has 3 N–H and O–H groups in total. The molecule has 0 radical (unpaired) electrons. The number of nitrogens with zero attached hydrogens (tertiary/aromatic N) is 5. The number of carbonyl (C=O) groups excluding carboxylic acids is 1. The average molecular weight is 528 g/mol. The van der Waals surface area contributed by atoms with Gasteiger partial charge in [-0.05, 0) is 56.4 Å². The second-order valence-electron chi connectivity index (χ2n) is 10.4. The number of aromatic nitrogens is 4. The van der Waals surface area contributed by atoms with Gasteiger partial charge >= 0.3 is 0 Å². The van der Waals surface area contributed by atoms with Crippen LogP contribution in [0, 0.1) is 11.8 Å².